The quantitative estimate of drug-likeness (QED) is 0.749. The summed E-state index contributed by atoms with van der Waals surface area (Å²) in [6.45, 7) is 2.17. The first-order valence-corrected chi connectivity index (χ1v) is 6.98. The summed E-state index contributed by atoms with van der Waals surface area (Å²) in [5.41, 5.74) is 0. The number of hydrogen-bond donors (Lipinski definition) is 1. The van der Waals surface area contributed by atoms with Crippen LogP contribution in [0.3, 0.4) is 0 Å². The van der Waals surface area contributed by atoms with Gasteiger partial charge in [-0.3, -0.25) is 24.1 Å². The number of nitrogens with zero attached hydrogens (tertiary/aromatic N) is 2. The van der Waals surface area contributed by atoms with Crippen molar-refractivity contribution in [2.24, 2.45) is 0 Å². The van der Waals surface area contributed by atoms with Crippen LogP contribution in [0.25, 0.3) is 0 Å². The standard InChI is InChI=1S/C11H15N3O4S/c1-7(15)12-4-9(16)13-3-2-8(5-13)14-10(17)6-19-11(14)18/h8H,2-6H2,1H3,(H,12,15). The van der Waals surface area contributed by atoms with Gasteiger partial charge in [-0.25, -0.2) is 0 Å². The maximum Gasteiger partial charge on any atom is 0.289 e. The molecular weight excluding hydrogens is 270 g/mol. The third-order valence-corrected chi connectivity index (χ3v) is 3.99. The van der Waals surface area contributed by atoms with Crippen molar-refractivity contribution < 1.29 is 19.2 Å². The van der Waals surface area contributed by atoms with Gasteiger partial charge in [-0.05, 0) is 6.42 Å². The minimum absolute atomic E-state index is 0.0430. The molecule has 19 heavy (non-hydrogen) atoms. The van der Waals surface area contributed by atoms with E-state index in [1.807, 2.05) is 0 Å². The van der Waals surface area contributed by atoms with Crippen LogP contribution in [-0.2, 0) is 14.4 Å². The number of carbonyl (C=O) groups is 4. The van der Waals surface area contributed by atoms with Crippen LogP contribution in [0.5, 0.6) is 0 Å². The number of rotatable bonds is 3. The molecule has 0 saturated carbocycles. The van der Waals surface area contributed by atoms with Gasteiger partial charge < -0.3 is 10.2 Å². The van der Waals surface area contributed by atoms with Gasteiger partial charge in [-0.1, -0.05) is 11.8 Å². The number of imide groups is 1. The molecule has 8 heteroatoms. The van der Waals surface area contributed by atoms with E-state index < -0.39 is 0 Å². The van der Waals surface area contributed by atoms with Crippen molar-refractivity contribution in [1.29, 1.82) is 0 Å². The summed E-state index contributed by atoms with van der Waals surface area (Å²) < 4.78 is 0. The zero-order chi connectivity index (χ0) is 14.0. The first-order chi connectivity index (χ1) is 8.99. The minimum Gasteiger partial charge on any atom is -0.347 e. The lowest BCUT2D eigenvalue weighted by molar-refractivity contribution is -0.132. The molecule has 0 aromatic rings. The average Bonchev–Trinajstić information content (AvgIpc) is 2.93. The second-order valence-corrected chi connectivity index (χ2v) is 5.44. The van der Waals surface area contributed by atoms with Gasteiger partial charge in [-0.15, -0.1) is 0 Å². The maximum atomic E-state index is 11.8. The van der Waals surface area contributed by atoms with E-state index in [4.69, 9.17) is 0 Å². The highest BCUT2D eigenvalue weighted by atomic mass is 32.2. The minimum atomic E-state index is -0.259. The lowest BCUT2D eigenvalue weighted by Gasteiger charge is -2.21. The Morgan fingerprint density at radius 1 is 1.42 bits per heavy atom. The molecule has 2 fully saturated rings. The zero-order valence-corrected chi connectivity index (χ0v) is 11.4. The Kier molecular flexibility index (Phi) is 4.08. The third kappa shape index (κ3) is 3.06. The predicted molar refractivity (Wildman–Crippen MR) is 68.4 cm³/mol. The van der Waals surface area contributed by atoms with Gasteiger partial charge in [0.15, 0.2) is 0 Å². The molecule has 0 bridgehead atoms. The molecule has 0 aromatic carbocycles. The molecule has 1 unspecified atom stereocenters. The van der Waals surface area contributed by atoms with Gasteiger partial charge in [0, 0.05) is 20.0 Å². The lowest BCUT2D eigenvalue weighted by atomic mass is 10.2. The second kappa shape index (κ2) is 5.60. The summed E-state index contributed by atoms with van der Waals surface area (Å²) in [6.07, 6.45) is 0.601. The van der Waals surface area contributed by atoms with Crippen molar-refractivity contribution in [3.05, 3.63) is 0 Å². The molecular formula is C11H15N3O4S. The van der Waals surface area contributed by atoms with E-state index in [0.717, 1.165) is 11.8 Å². The number of likely N-dealkylation sites (tertiary alicyclic amines) is 1. The van der Waals surface area contributed by atoms with Crippen LogP contribution in [0, 0.1) is 0 Å². The van der Waals surface area contributed by atoms with Gasteiger partial charge in [0.2, 0.25) is 17.7 Å². The first-order valence-electron chi connectivity index (χ1n) is 6.00. The fourth-order valence-electron chi connectivity index (χ4n) is 2.21. The Bertz CT molecular complexity index is 424. The molecule has 1 N–H and O–H groups in total. The van der Waals surface area contributed by atoms with E-state index in [2.05, 4.69) is 5.32 Å². The molecule has 2 rings (SSSR count). The van der Waals surface area contributed by atoms with Crippen LogP contribution < -0.4 is 5.32 Å². The summed E-state index contributed by atoms with van der Waals surface area (Å²) >= 11 is 1.00. The summed E-state index contributed by atoms with van der Waals surface area (Å²) in [5.74, 6) is -0.444. The molecule has 2 heterocycles. The fourth-order valence-corrected chi connectivity index (χ4v) is 2.98. The van der Waals surface area contributed by atoms with Crippen molar-refractivity contribution >= 4 is 34.7 Å². The Labute approximate surface area is 114 Å². The van der Waals surface area contributed by atoms with Crippen molar-refractivity contribution in [3.8, 4) is 0 Å². The van der Waals surface area contributed by atoms with Gasteiger partial charge in [0.25, 0.3) is 5.24 Å². The molecule has 2 saturated heterocycles. The topological polar surface area (TPSA) is 86.8 Å². The number of thioether (sulfide) groups is 1. The van der Waals surface area contributed by atoms with Crippen LogP contribution in [0.15, 0.2) is 0 Å². The normalized spacial score (nSPS) is 23.1. The van der Waals surface area contributed by atoms with Crippen LogP contribution in [-0.4, -0.2) is 64.2 Å². The fraction of sp³-hybridized carbons (Fsp3) is 0.636. The van der Waals surface area contributed by atoms with Crippen LogP contribution in [0.2, 0.25) is 0 Å². The monoisotopic (exact) mass is 285 g/mol. The molecule has 0 aliphatic carbocycles. The number of hydrogen-bond acceptors (Lipinski definition) is 5. The van der Waals surface area contributed by atoms with Crippen LogP contribution in [0.4, 0.5) is 4.79 Å². The molecule has 4 amide bonds. The average molecular weight is 285 g/mol. The van der Waals surface area contributed by atoms with Gasteiger partial charge in [0.1, 0.15) is 0 Å². The molecule has 0 spiro atoms. The summed E-state index contributed by atoms with van der Waals surface area (Å²) in [4.78, 5) is 48.5. The van der Waals surface area contributed by atoms with E-state index in [-0.39, 0.29) is 41.3 Å². The molecule has 2 aliphatic heterocycles. The Hall–Kier alpha value is -1.57. The Morgan fingerprint density at radius 2 is 2.16 bits per heavy atom. The summed E-state index contributed by atoms with van der Waals surface area (Å²) in [6, 6.07) is -0.226. The number of nitrogens with one attached hydrogen (secondary N) is 1. The first kappa shape index (κ1) is 13.9. The van der Waals surface area contributed by atoms with Crippen molar-refractivity contribution in [2.75, 3.05) is 25.4 Å². The van der Waals surface area contributed by atoms with Crippen LogP contribution in [0.1, 0.15) is 13.3 Å². The maximum absolute atomic E-state index is 11.8. The molecule has 7 nitrogen and oxygen atoms in total. The lowest BCUT2D eigenvalue weighted by Crippen LogP contribution is -2.43. The van der Waals surface area contributed by atoms with Gasteiger partial charge in [0.05, 0.1) is 18.3 Å². The highest BCUT2D eigenvalue weighted by molar-refractivity contribution is 8.14. The largest absolute Gasteiger partial charge is 0.347 e. The smallest absolute Gasteiger partial charge is 0.289 e. The van der Waals surface area contributed by atoms with Crippen molar-refractivity contribution in [2.45, 2.75) is 19.4 Å². The molecule has 104 valence electrons. The molecule has 1 atom stereocenters. The van der Waals surface area contributed by atoms with Crippen molar-refractivity contribution in [3.63, 3.8) is 0 Å². The SMILES string of the molecule is CC(=O)NCC(=O)N1CCC(N2C(=O)CSC2=O)C1. The predicted octanol–water partition coefficient (Wildman–Crippen LogP) is -0.581. The van der Waals surface area contributed by atoms with E-state index in [0.29, 0.717) is 19.5 Å². The van der Waals surface area contributed by atoms with E-state index in [1.54, 1.807) is 4.90 Å². The third-order valence-electron chi connectivity index (χ3n) is 3.15. The Balaban J connectivity index is 1.89. The van der Waals surface area contributed by atoms with Gasteiger partial charge in [-0.2, -0.15) is 0 Å². The Morgan fingerprint density at radius 3 is 2.74 bits per heavy atom. The van der Waals surface area contributed by atoms with E-state index in [1.165, 1.54) is 11.8 Å². The van der Waals surface area contributed by atoms with Crippen molar-refractivity contribution in [1.82, 2.24) is 15.1 Å². The highest BCUT2D eigenvalue weighted by Gasteiger charge is 2.40. The van der Waals surface area contributed by atoms with E-state index >= 15 is 0 Å². The molecule has 0 radical (unpaired) electrons. The van der Waals surface area contributed by atoms with Gasteiger partial charge >= 0.3 is 0 Å². The van der Waals surface area contributed by atoms with Crippen LogP contribution >= 0.6 is 11.8 Å². The van der Waals surface area contributed by atoms with E-state index in [9.17, 15) is 19.2 Å². The number of amides is 4. The highest BCUT2D eigenvalue weighted by Crippen LogP contribution is 2.26. The second-order valence-electron chi connectivity index (χ2n) is 4.51. The number of carbonyl (C=O) groups excluding carboxylic acids is 4. The molecule has 2 aliphatic rings. The summed E-state index contributed by atoms with van der Waals surface area (Å²) in [5, 5.41) is 2.21. The summed E-state index contributed by atoms with van der Waals surface area (Å²) in [7, 11) is 0. The zero-order valence-electron chi connectivity index (χ0n) is 10.5. The molecule has 0 aromatic heterocycles.